The molecule has 0 radical (unpaired) electrons. The summed E-state index contributed by atoms with van der Waals surface area (Å²) in [6.45, 7) is 0.614. The van der Waals surface area contributed by atoms with Crippen LogP contribution in [-0.2, 0) is 0 Å². The zero-order valence-corrected chi connectivity index (χ0v) is 5.55. The first-order valence-electron chi connectivity index (χ1n) is 2.91. The summed E-state index contributed by atoms with van der Waals surface area (Å²) >= 11 is 0. The summed E-state index contributed by atoms with van der Waals surface area (Å²) in [6.07, 6.45) is 0.588. The van der Waals surface area contributed by atoms with Crippen LogP contribution in [0.3, 0.4) is 0 Å². The summed E-state index contributed by atoms with van der Waals surface area (Å²) in [5.41, 5.74) is 6.63. The molecule has 0 bridgehead atoms. The Morgan fingerprint density at radius 1 is 1.60 bits per heavy atom. The first-order chi connectivity index (χ1) is 4.81. The van der Waals surface area contributed by atoms with Gasteiger partial charge in [0.1, 0.15) is 0 Å². The number of nitrogens with two attached hydrogens (primary N) is 1. The fourth-order valence-corrected chi connectivity index (χ4v) is 0.346. The topological polar surface area (TPSA) is 99.4 Å². The number of carbonyl (C=O) groups excluding carboxylic acids is 1. The number of aliphatic hydroxyl groups excluding tert-OH is 1. The Labute approximate surface area is 58.7 Å². The molecule has 0 aliphatic heterocycles. The van der Waals surface area contributed by atoms with Crippen molar-refractivity contribution in [1.82, 2.24) is 16.3 Å². The van der Waals surface area contributed by atoms with E-state index < -0.39 is 6.03 Å². The fraction of sp³-hybridized carbons (Fsp3) is 0.750. The van der Waals surface area contributed by atoms with Gasteiger partial charge in [0.15, 0.2) is 0 Å². The second-order valence-corrected chi connectivity index (χ2v) is 1.60. The molecule has 0 fully saturated rings. The summed E-state index contributed by atoms with van der Waals surface area (Å²) in [7, 11) is 0. The summed E-state index contributed by atoms with van der Waals surface area (Å²) in [4.78, 5) is 10.3. The van der Waals surface area contributed by atoms with Crippen LogP contribution in [0.2, 0.25) is 0 Å². The highest BCUT2D eigenvalue weighted by Crippen LogP contribution is 1.67. The van der Waals surface area contributed by atoms with E-state index in [0.717, 1.165) is 0 Å². The Kier molecular flexibility index (Phi) is 5.74. The lowest BCUT2D eigenvalue weighted by Crippen LogP contribution is -2.47. The van der Waals surface area contributed by atoms with Crippen molar-refractivity contribution < 1.29 is 9.90 Å². The molecule has 0 aliphatic rings. The van der Waals surface area contributed by atoms with Gasteiger partial charge in [-0.05, 0) is 6.42 Å². The van der Waals surface area contributed by atoms with E-state index in [4.69, 9.17) is 10.9 Å². The standard InChI is InChI=1S/C4H12N4O2/c5-7-4(10)8-6-2-1-3-9/h6,9H,1-3,5H2,(H2,7,8,10). The Morgan fingerprint density at radius 3 is 2.80 bits per heavy atom. The van der Waals surface area contributed by atoms with Gasteiger partial charge < -0.3 is 5.11 Å². The monoisotopic (exact) mass is 148 g/mol. The van der Waals surface area contributed by atoms with Gasteiger partial charge in [0.25, 0.3) is 0 Å². The maximum Gasteiger partial charge on any atom is 0.343 e. The van der Waals surface area contributed by atoms with E-state index in [0.29, 0.717) is 13.0 Å². The van der Waals surface area contributed by atoms with E-state index in [1.54, 1.807) is 0 Å². The lowest BCUT2D eigenvalue weighted by atomic mass is 10.5. The first-order valence-corrected chi connectivity index (χ1v) is 2.91. The van der Waals surface area contributed by atoms with E-state index in [-0.39, 0.29) is 6.61 Å². The molecule has 6 heteroatoms. The molecule has 0 aliphatic carbocycles. The normalized spacial score (nSPS) is 9.00. The van der Waals surface area contributed by atoms with Crippen molar-refractivity contribution in [1.29, 1.82) is 0 Å². The number of rotatable bonds is 4. The van der Waals surface area contributed by atoms with Crippen molar-refractivity contribution in [3.8, 4) is 0 Å². The molecule has 0 atom stereocenters. The summed E-state index contributed by atoms with van der Waals surface area (Å²) in [5.74, 6) is 4.74. The Hall–Kier alpha value is -0.850. The van der Waals surface area contributed by atoms with Crippen molar-refractivity contribution in [3.63, 3.8) is 0 Å². The number of hydrogen-bond acceptors (Lipinski definition) is 4. The number of carbonyl (C=O) groups is 1. The SMILES string of the molecule is NNC(=O)NNCCCO. The second kappa shape index (κ2) is 6.27. The van der Waals surface area contributed by atoms with E-state index in [2.05, 4.69) is 10.9 Å². The summed E-state index contributed by atoms with van der Waals surface area (Å²) in [5, 5.41) is 8.30. The van der Waals surface area contributed by atoms with Crippen LogP contribution in [0.5, 0.6) is 0 Å². The summed E-state index contributed by atoms with van der Waals surface area (Å²) in [6, 6.07) is -0.502. The van der Waals surface area contributed by atoms with Gasteiger partial charge in [0.05, 0.1) is 0 Å². The minimum atomic E-state index is -0.502. The van der Waals surface area contributed by atoms with Crippen LogP contribution in [0.1, 0.15) is 6.42 Å². The average Bonchev–Trinajstić information content (AvgIpc) is 1.98. The molecule has 0 aromatic carbocycles. The van der Waals surface area contributed by atoms with Crippen LogP contribution in [0.15, 0.2) is 0 Å². The molecule has 2 amide bonds. The maximum atomic E-state index is 10.3. The molecular weight excluding hydrogens is 136 g/mol. The highest BCUT2D eigenvalue weighted by molar-refractivity contribution is 5.72. The van der Waals surface area contributed by atoms with Gasteiger partial charge in [-0.2, -0.15) is 0 Å². The summed E-state index contributed by atoms with van der Waals surface area (Å²) < 4.78 is 0. The van der Waals surface area contributed by atoms with Gasteiger partial charge in [-0.25, -0.2) is 16.1 Å². The van der Waals surface area contributed by atoms with Gasteiger partial charge in [-0.1, -0.05) is 0 Å². The number of hydrazine groups is 2. The lowest BCUT2D eigenvalue weighted by molar-refractivity contribution is 0.234. The van der Waals surface area contributed by atoms with E-state index in [1.165, 1.54) is 0 Å². The number of aliphatic hydroxyl groups is 1. The Bertz CT molecular complexity index is 97.3. The Morgan fingerprint density at radius 2 is 2.30 bits per heavy atom. The van der Waals surface area contributed by atoms with Crippen molar-refractivity contribution in [2.24, 2.45) is 5.84 Å². The third kappa shape index (κ3) is 5.29. The van der Waals surface area contributed by atoms with Gasteiger partial charge in [-0.15, -0.1) is 0 Å². The molecule has 60 valence electrons. The zero-order valence-electron chi connectivity index (χ0n) is 5.55. The molecule has 10 heavy (non-hydrogen) atoms. The van der Waals surface area contributed by atoms with Crippen LogP contribution >= 0.6 is 0 Å². The van der Waals surface area contributed by atoms with Gasteiger partial charge >= 0.3 is 6.03 Å². The third-order valence-corrected chi connectivity index (χ3v) is 0.793. The molecule has 0 aromatic heterocycles. The molecule has 0 unspecified atom stereocenters. The molecule has 0 saturated heterocycles. The smallest absolute Gasteiger partial charge is 0.343 e. The van der Waals surface area contributed by atoms with Crippen LogP contribution in [0.25, 0.3) is 0 Å². The van der Waals surface area contributed by atoms with Crippen LogP contribution in [0.4, 0.5) is 4.79 Å². The number of urea groups is 1. The van der Waals surface area contributed by atoms with Crippen LogP contribution in [0, 0.1) is 0 Å². The minimum Gasteiger partial charge on any atom is -0.396 e. The fourth-order valence-electron chi connectivity index (χ4n) is 0.346. The predicted octanol–water partition coefficient (Wildman–Crippen LogP) is -1.95. The molecule has 6 N–H and O–H groups in total. The van der Waals surface area contributed by atoms with Gasteiger partial charge in [-0.3, -0.25) is 10.9 Å². The average molecular weight is 148 g/mol. The largest absolute Gasteiger partial charge is 0.396 e. The van der Waals surface area contributed by atoms with E-state index >= 15 is 0 Å². The molecular formula is C4H12N4O2. The van der Waals surface area contributed by atoms with Gasteiger partial charge in [0, 0.05) is 13.2 Å². The van der Waals surface area contributed by atoms with Crippen molar-refractivity contribution >= 4 is 6.03 Å². The van der Waals surface area contributed by atoms with Crippen molar-refractivity contribution in [3.05, 3.63) is 0 Å². The quantitative estimate of drug-likeness (QED) is 0.138. The highest BCUT2D eigenvalue weighted by atomic mass is 16.3. The second-order valence-electron chi connectivity index (χ2n) is 1.60. The number of amides is 2. The number of nitrogens with one attached hydrogen (secondary N) is 3. The van der Waals surface area contributed by atoms with Crippen molar-refractivity contribution in [2.75, 3.05) is 13.2 Å². The number of hydrogen-bond donors (Lipinski definition) is 5. The Balaban J connectivity index is 2.96. The highest BCUT2D eigenvalue weighted by Gasteiger charge is 1.91. The van der Waals surface area contributed by atoms with E-state index in [9.17, 15) is 4.79 Å². The van der Waals surface area contributed by atoms with Crippen LogP contribution < -0.4 is 22.1 Å². The molecule has 0 heterocycles. The molecule has 0 aromatic rings. The first kappa shape index (κ1) is 9.15. The predicted molar refractivity (Wildman–Crippen MR) is 35.6 cm³/mol. The van der Waals surface area contributed by atoms with Gasteiger partial charge in [0.2, 0.25) is 0 Å². The molecule has 0 rings (SSSR count). The van der Waals surface area contributed by atoms with Crippen LogP contribution in [-0.4, -0.2) is 24.3 Å². The minimum absolute atomic E-state index is 0.0962. The third-order valence-electron chi connectivity index (χ3n) is 0.793. The van der Waals surface area contributed by atoms with Crippen molar-refractivity contribution in [2.45, 2.75) is 6.42 Å². The maximum absolute atomic E-state index is 10.3. The molecule has 0 spiro atoms. The lowest BCUT2D eigenvalue weighted by Gasteiger charge is -2.03. The molecule has 6 nitrogen and oxygen atoms in total. The van der Waals surface area contributed by atoms with E-state index in [1.807, 2.05) is 5.43 Å². The zero-order chi connectivity index (χ0) is 7.82. The molecule has 0 saturated carbocycles.